The van der Waals surface area contributed by atoms with Crippen LogP contribution in [0.15, 0.2) is 117 Å². The molecule has 1 unspecified atom stereocenters. The molecule has 0 aliphatic carbocycles. The molecule has 0 saturated heterocycles. The highest BCUT2D eigenvalue weighted by Crippen LogP contribution is 2.20. The number of anilines is 2. The third kappa shape index (κ3) is 6.96. The average molecular weight is 782 g/mol. The van der Waals surface area contributed by atoms with Crippen molar-refractivity contribution in [3.05, 3.63) is 145 Å². The van der Waals surface area contributed by atoms with E-state index in [0.29, 0.717) is 22.5 Å². The SMILES string of the molecule is Cn1c(=O)c2c(ncn2CC(O)Nc2cnc(-c3cccc(Cn4c(=O)c5c(ncn5CC(=O)Nc5ccc(-c6ccccc6)nc5)n(C)c4=O)c3)cn2)n(C)c1=O. The molecule has 0 spiro atoms. The van der Waals surface area contributed by atoms with Gasteiger partial charge in [-0.15, -0.1) is 0 Å². The van der Waals surface area contributed by atoms with Gasteiger partial charge >= 0.3 is 11.4 Å². The maximum Gasteiger partial charge on any atom is 0.332 e. The highest BCUT2D eigenvalue weighted by Gasteiger charge is 2.20. The van der Waals surface area contributed by atoms with E-state index < -0.39 is 34.6 Å². The lowest BCUT2D eigenvalue weighted by Crippen LogP contribution is -2.40. The molecule has 0 radical (unpaired) electrons. The molecular weight excluding hydrogens is 747 g/mol. The lowest BCUT2D eigenvalue weighted by atomic mass is 10.1. The summed E-state index contributed by atoms with van der Waals surface area (Å²) in [6.45, 7) is -0.385. The number of hydrogen-bond donors (Lipinski definition) is 3. The number of nitrogens with zero attached hydrogens (tertiary/aromatic N) is 11. The Labute approximate surface area is 326 Å². The molecule has 1 amide bonds. The minimum atomic E-state index is -1.19. The van der Waals surface area contributed by atoms with Gasteiger partial charge in [0.05, 0.1) is 61.4 Å². The minimum absolute atomic E-state index is 0.0737. The highest BCUT2D eigenvalue weighted by molar-refractivity contribution is 5.91. The van der Waals surface area contributed by atoms with Gasteiger partial charge in [0.15, 0.2) is 22.3 Å². The lowest BCUT2D eigenvalue weighted by molar-refractivity contribution is -0.116. The van der Waals surface area contributed by atoms with Gasteiger partial charge in [0.2, 0.25) is 5.91 Å². The molecule has 8 rings (SSSR count). The average Bonchev–Trinajstić information content (AvgIpc) is 3.85. The topological polar surface area (TPSA) is 224 Å². The fourth-order valence-electron chi connectivity index (χ4n) is 6.69. The van der Waals surface area contributed by atoms with Crippen LogP contribution < -0.4 is 33.1 Å². The molecule has 0 aliphatic heterocycles. The van der Waals surface area contributed by atoms with Gasteiger partial charge in [-0.2, -0.15) is 0 Å². The van der Waals surface area contributed by atoms with Crippen molar-refractivity contribution in [2.75, 3.05) is 10.6 Å². The standard InChI is InChI=1S/C39H35N13O6/c1-47-34-32(36(55)49(3)38(47)57)50(21-43-34)20-31(54)46-29-17-41-28(16-42-29)25-11-7-8-23(14-25)18-52-37(56)33-35(48(2)39(52)58)44-22-51(33)19-30(53)45-26-12-13-27(40-15-26)24-9-5-4-6-10-24/h4-17,21-22,31,54H,18-20H2,1-3H3,(H,42,46)(H,45,53). The molecular formula is C39H35N13O6. The van der Waals surface area contributed by atoms with Crippen LogP contribution in [0, 0.1) is 0 Å². The van der Waals surface area contributed by atoms with E-state index in [1.54, 1.807) is 42.6 Å². The smallest absolute Gasteiger partial charge is 0.332 e. The van der Waals surface area contributed by atoms with Crippen LogP contribution in [0.1, 0.15) is 5.56 Å². The van der Waals surface area contributed by atoms with Crippen molar-refractivity contribution in [2.45, 2.75) is 25.9 Å². The van der Waals surface area contributed by atoms with Crippen molar-refractivity contribution in [1.82, 2.24) is 52.3 Å². The van der Waals surface area contributed by atoms with E-state index in [1.165, 1.54) is 64.5 Å². The first-order valence-corrected chi connectivity index (χ1v) is 17.9. The van der Waals surface area contributed by atoms with Gasteiger partial charge in [0.1, 0.15) is 18.6 Å². The number of pyridine rings is 1. The number of aliphatic hydroxyl groups excluding tert-OH is 1. The molecule has 0 fully saturated rings. The lowest BCUT2D eigenvalue weighted by Gasteiger charge is -2.15. The van der Waals surface area contributed by atoms with Gasteiger partial charge in [-0.25, -0.2) is 24.5 Å². The third-order valence-corrected chi connectivity index (χ3v) is 9.65. The summed E-state index contributed by atoms with van der Waals surface area (Å²) >= 11 is 0. The number of fused-ring (bicyclic) bond motifs is 2. The number of amides is 1. The Bertz CT molecular complexity index is 3090. The number of rotatable bonds is 11. The normalized spacial score (nSPS) is 11.9. The largest absolute Gasteiger partial charge is 0.372 e. The first-order chi connectivity index (χ1) is 28.0. The van der Waals surface area contributed by atoms with Crippen molar-refractivity contribution < 1.29 is 9.90 Å². The van der Waals surface area contributed by atoms with E-state index in [0.717, 1.165) is 20.4 Å². The molecule has 58 heavy (non-hydrogen) atoms. The van der Waals surface area contributed by atoms with Crippen molar-refractivity contribution in [2.24, 2.45) is 21.1 Å². The van der Waals surface area contributed by atoms with Gasteiger partial charge in [-0.3, -0.25) is 42.6 Å². The Morgan fingerprint density at radius 2 is 1.38 bits per heavy atom. The molecule has 8 aromatic rings. The highest BCUT2D eigenvalue weighted by atomic mass is 16.3. The molecule has 0 aliphatic rings. The zero-order valence-corrected chi connectivity index (χ0v) is 31.3. The van der Waals surface area contributed by atoms with E-state index in [9.17, 15) is 29.1 Å². The predicted molar refractivity (Wildman–Crippen MR) is 214 cm³/mol. The summed E-state index contributed by atoms with van der Waals surface area (Å²) in [6, 6.07) is 20.3. The zero-order chi connectivity index (χ0) is 40.7. The van der Waals surface area contributed by atoms with Crippen LogP contribution in [0.3, 0.4) is 0 Å². The van der Waals surface area contributed by atoms with Crippen molar-refractivity contribution in [3.63, 3.8) is 0 Å². The van der Waals surface area contributed by atoms with Crippen molar-refractivity contribution in [1.29, 1.82) is 0 Å². The number of hydrogen-bond acceptors (Lipinski definition) is 12. The van der Waals surface area contributed by atoms with Gasteiger partial charge < -0.3 is 24.9 Å². The first-order valence-electron chi connectivity index (χ1n) is 17.9. The molecule has 3 N–H and O–H groups in total. The van der Waals surface area contributed by atoms with Gasteiger partial charge in [-0.1, -0.05) is 48.5 Å². The van der Waals surface area contributed by atoms with Crippen LogP contribution in [0.5, 0.6) is 0 Å². The maximum absolute atomic E-state index is 13.9. The van der Waals surface area contributed by atoms with Crippen LogP contribution in [-0.4, -0.2) is 69.6 Å². The Kier molecular flexibility index (Phi) is 9.63. The van der Waals surface area contributed by atoms with Crippen molar-refractivity contribution >= 4 is 39.7 Å². The number of aryl methyl sites for hydroxylation is 2. The summed E-state index contributed by atoms with van der Waals surface area (Å²) in [4.78, 5) is 87.1. The number of aliphatic hydroxyl groups is 1. The van der Waals surface area contributed by atoms with E-state index in [1.807, 2.05) is 30.3 Å². The molecule has 1 atom stereocenters. The monoisotopic (exact) mass is 781 g/mol. The third-order valence-electron chi connectivity index (χ3n) is 9.65. The summed E-state index contributed by atoms with van der Waals surface area (Å²) in [7, 11) is 4.39. The van der Waals surface area contributed by atoms with E-state index in [2.05, 4.69) is 35.6 Å². The fraction of sp³-hybridized carbons (Fsp3) is 0.179. The van der Waals surface area contributed by atoms with Crippen LogP contribution in [-0.2, 0) is 45.6 Å². The molecule has 6 aromatic heterocycles. The molecule has 292 valence electrons. The summed E-state index contributed by atoms with van der Waals surface area (Å²) in [5, 5.41) is 16.4. The zero-order valence-electron chi connectivity index (χ0n) is 31.3. The second kappa shape index (κ2) is 15.0. The summed E-state index contributed by atoms with van der Waals surface area (Å²) < 4.78 is 7.45. The number of aromatic nitrogens is 11. The Hall–Kier alpha value is -7.80. The fourth-order valence-corrected chi connectivity index (χ4v) is 6.69. The van der Waals surface area contributed by atoms with E-state index >= 15 is 0 Å². The van der Waals surface area contributed by atoms with Gasteiger partial charge in [0, 0.05) is 32.3 Å². The Morgan fingerprint density at radius 3 is 2.09 bits per heavy atom. The number of carbonyl (C=O) groups is 1. The molecule has 2 aromatic carbocycles. The van der Waals surface area contributed by atoms with E-state index in [-0.39, 0.29) is 47.8 Å². The maximum atomic E-state index is 13.9. The van der Waals surface area contributed by atoms with Gasteiger partial charge in [-0.05, 0) is 23.8 Å². The summed E-state index contributed by atoms with van der Waals surface area (Å²) in [5.74, 6) is -0.158. The molecule has 19 heteroatoms. The van der Waals surface area contributed by atoms with Crippen LogP contribution in [0.2, 0.25) is 0 Å². The number of nitrogens with one attached hydrogen (secondary N) is 2. The van der Waals surface area contributed by atoms with Gasteiger partial charge in [0.25, 0.3) is 11.1 Å². The first kappa shape index (κ1) is 37.1. The number of imidazole rings is 2. The van der Waals surface area contributed by atoms with Crippen LogP contribution in [0.4, 0.5) is 11.5 Å². The minimum Gasteiger partial charge on any atom is -0.372 e. The molecule has 0 bridgehead atoms. The quantitative estimate of drug-likeness (QED) is 0.158. The predicted octanol–water partition coefficient (Wildman–Crippen LogP) is 1.28. The Balaban J connectivity index is 0.962. The number of benzene rings is 2. The Morgan fingerprint density at radius 1 is 0.690 bits per heavy atom. The molecule has 6 heterocycles. The second-order valence-corrected chi connectivity index (χ2v) is 13.5. The molecule has 19 nitrogen and oxygen atoms in total. The van der Waals surface area contributed by atoms with Crippen molar-refractivity contribution in [3.8, 4) is 22.5 Å². The summed E-state index contributed by atoms with van der Waals surface area (Å²) in [5.41, 5.74) is 2.32. The van der Waals surface area contributed by atoms with Crippen LogP contribution in [0.25, 0.3) is 44.8 Å². The van der Waals surface area contributed by atoms with Crippen LogP contribution >= 0.6 is 0 Å². The summed E-state index contributed by atoms with van der Waals surface area (Å²) in [6.07, 6.45) is 6.03. The molecule has 0 saturated carbocycles. The number of carbonyl (C=O) groups excluding carboxylic acids is 1. The second-order valence-electron chi connectivity index (χ2n) is 13.5. The van der Waals surface area contributed by atoms with E-state index in [4.69, 9.17) is 0 Å².